The van der Waals surface area contributed by atoms with Crippen molar-refractivity contribution in [2.45, 2.75) is 18.9 Å². The normalized spacial score (nSPS) is 15.8. The van der Waals surface area contributed by atoms with E-state index in [1.54, 1.807) is 0 Å². The van der Waals surface area contributed by atoms with Crippen LogP contribution in [0.3, 0.4) is 0 Å². The van der Waals surface area contributed by atoms with Crippen LogP contribution >= 0.6 is 0 Å². The van der Waals surface area contributed by atoms with Crippen LogP contribution in [0.5, 0.6) is 0 Å². The van der Waals surface area contributed by atoms with Crippen molar-refractivity contribution in [3.05, 3.63) is 29.6 Å². The van der Waals surface area contributed by atoms with Crippen LogP contribution in [0, 0.1) is 0 Å². The molecule has 0 atom stereocenters. The lowest BCUT2D eigenvalue weighted by atomic mass is 10.2. The summed E-state index contributed by atoms with van der Waals surface area (Å²) in [6, 6.07) is 1.76. The van der Waals surface area contributed by atoms with E-state index >= 15 is 0 Å². The molecule has 1 fully saturated rings. The zero-order chi connectivity index (χ0) is 15.6. The fraction of sp³-hybridized carbons (Fsp3) is 0.500. The Bertz CT molecular complexity index is 499. The van der Waals surface area contributed by atoms with Gasteiger partial charge >= 0.3 is 12.2 Å². The second-order valence-corrected chi connectivity index (χ2v) is 4.71. The van der Waals surface area contributed by atoms with Crippen molar-refractivity contribution in [2.75, 3.05) is 20.1 Å². The highest BCUT2D eigenvalue weighted by Crippen LogP contribution is 2.28. The molecule has 0 aromatic carbocycles. The van der Waals surface area contributed by atoms with Crippen LogP contribution in [0.25, 0.3) is 0 Å². The lowest BCUT2D eigenvalue weighted by Gasteiger charge is -2.37. The van der Waals surface area contributed by atoms with Crippen molar-refractivity contribution < 1.29 is 22.4 Å². The maximum Gasteiger partial charge on any atom is 0.417 e. The molecular weight excluding hydrogens is 292 g/mol. The number of amides is 2. The number of nitrogens with zero attached hydrogens (tertiary/aromatic N) is 3. The lowest BCUT2D eigenvalue weighted by Crippen LogP contribution is -2.57. The molecule has 1 N–H and O–H groups in total. The molecule has 1 aliphatic heterocycles. The summed E-state index contributed by atoms with van der Waals surface area (Å²) in [6.07, 6.45) is -4.67. The number of hydrogen-bond acceptors (Lipinski definition) is 3. The zero-order valence-electron chi connectivity index (χ0n) is 11.2. The Morgan fingerprint density at radius 3 is 2.62 bits per heavy atom. The van der Waals surface area contributed by atoms with Crippen LogP contribution < -0.4 is 5.43 Å². The Morgan fingerprint density at radius 1 is 1.48 bits per heavy atom. The second kappa shape index (κ2) is 5.84. The van der Waals surface area contributed by atoms with Crippen molar-refractivity contribution >= 4 is 6.03 Å². The van der Waals surface area contributed by atoms with Crippen LogP contribution in [-0.2, 0) is 12.7 Å². The van der Waals surface area contributed by atoms with Gasteiger partial charge in [0.05, 0.1) is 30.9 Å². The molecule has 0 saturated carbocycles. The number of alkyl halides is 4. The minimum absolute atomic E-state index is 0.0589. The summed E-state index contributed by atoms with van der Waals surface area (Å²) in [4.78, 5) is 16.7. The minimum atomic E-state index is -4.42. The first kappa shape index (κ1) is 15.5. The third kappa shape index (κ3) is 3.81. The third-order valence-corrected chi connectivity index (χ3v) is 3.04. The number of carbonyl (C=O) groups excluding carboxylic acids is 1. The maximum absolute atomic E-state index is 12.6. The highest BCUT2D eigenvalue weighted by Gasteiger charge is 2.32. The van der Waals surface area contributed by atoms with Crippen molar-refractivity contribution in [1.82, 2.24) is 20.3 Å². The fourth-order valence-corrected chi connectivity index (χ4v) is 1.76. The van der Waals surface area contributed by atoms with E-state index < -0.39 is 23.9 Å². The number of nitrogens with one attached hydrogen (secondary N) is 1. The van der Waals surface area contributed by atoms with E-state index in [0.717, 1.165) is 17.3 Å². The van der Waals surface area contributed by atoms with Crippen LogP contribution in [0.1, 0.15) is 11.3 Å². The van der Waals surface area contributed by atoms with Crippen LogP contribution in [0.2, 0.25) is 0 Å². The molecule has 0 aliphatic carbocycles. The monoisotopic (exact) mass is 306 g/mol. The van der Waals surface area contributed by atoms with Gasteiger partial charge in [0.1, 0.15) is 6.17 Å². The molecule has 1 aromatic heterocycles. The summed E-state index contributed by atoms with van der Waals surface area (Å²) >= 11 is 0. The molecule has 2 amide bonds. The van der Waals surface area contributed by atoms with E-state index in [1.165, 1.54) is 18.0 Å². The maximum atomic E-state index is 12.6. The fourth-order valence-electron chi connectivity index (χ4n) is 1.76. The number of aromatic nitrogens is 1. The molecule has 1 saturated heterocycles. The largest absolute Gasteiger partial charge is 0.417 e. The first-order valence-electron chi connectivity index (χ1n) is 6.19. The van der Waals surface area contributed by atoms with Crippen LogP contribution in [-0.4, -0.2) is 47.2 Å². The van der Waals surface area contributed by atoms with Gasteiger partial charge in [0, 0.05) is 13.2 Å². The molecule has 0 spiro atoms. The van der Waals surface area contributed by atoms with Crippen LogP contribution in [0.4, 0.5) is 22.4 Å². The topological polar surface area (TPSA) is 48.5 Å². The Kier molecular flexibility index (Phi) is 4.31. The number of pyridine rings is 1. The van der Waals surface area contributed by atoms with E-state index in [0.29, 0.717) is 5.69 Å². The number of carbonyl (C=O) groups is 1. The number of hydrogen-bond donors (Lipinski definition) is 1. The number of urea groups is 1. The van der Waals surface area contributed by atoms with Gasteiger partial charge in [-0.1, -0.05) is 0 Å². The van der Waals surface area contributed by atoms with E-state index in [2.05, 4.69) is 10.4 Å². The average Bonchev–Trinajstić information content (AvgIpc) is 2.40. The number of halogens is 4. The molecule has 1 aliphatic rings. The summed E-state index contributed by atoms with van der Waals surface area (Å²) in [7, 11) is 1.46. The number of hydrazine groups is 1. The smallest absolute Gasteiger partial charge is 0.318 e. The Morgan fingerprint density at radius 2 is 2.14 bits per heavy atom. The third-order valence-electron chi connectivity index (χ3n) is 3.04. The SMILES string of the molecule is CN(NCc1ccc(C(F)(F)F)cn1)C(=O)N1CC(F)C1. The lowest BCUT2D eigenvalue weighted by molar-refractivity contribution is -0.137. The van der Waals surface area contributed by atoms with Crippen molar-refractivity contribution in [3.63, 3.8) is 0 Å². The average molecular weight is 306 g/mol. The van der Waals surface area contributed by atoms with Gasteiger partial charge in [-0.05, 0) is 12.1 Å². The van der Waals surface area contributed by atoms with Crippen molar-refractivity contribution in [1.29, 1.82) is 0 Å². The van der Waals surface area contributed by atoms with Gasteiger partial charge in [0.25, 0.3) is 0 Å². The van der Waals surface area contributed by atoms with E-state index in [-0.39, 0.29) is 19.6 Å². The Balaban J connectivity index is 1.84. The molecule has 2 heterocycles. The minimum Gasteiger partial charge on any atom is -0.318 e. The Labute approximate surface area is 118 Å². The van der Waals surface area contributed by atoms with Gasteiger partial charge in [0.2, 0.25) is 0 Å². The number of rotatable bonds is 3. The molecule has 1 aromatic rings. The molecule has 116 valence electrons. The quantitative estimate of drug-likeness (QED) is 0.684. The van der Waals surface area contributed by atoms with Gasteiger partial charge in [-0.25, -0.2) is 14.6 Å². The first-order chi connectivity index (χ1) is 9.77. The number of likely N-dealkylation sites (tertiary alicyclic amines) is 1. The molecule has 21 heavy (non-hydrogen) atoms. The zero-order valence-corrected chi connectivity index (χ0v) is 11.2. The molecule has 2 rings (SSSR count). The Hall–Kier alpha value is -1.90. The predicted molar refractivity (Wildman–Crippen MR) is 65.7 cm³/mol. The van der Waals surface area contributed by atoms with Gasteiger partial charge in [-0.15, -0.1) is 0 Å². The van der Waals surface area contributed by atoms with Gasteiger partial charge in [-0.3, -0.25) is 9.99 Å². The van der Waals surface area contributed by atoms with Crippen molar-refractivity contribution in [3.8, 4) is 0 Å². The summed E-state index contributed by atoms with van der Waals surface area (Å²) in [6.45, 7) is 0.208. The predicted octanol–water partition coefficient (Wildman–Crippen LogP) is 1.81. The summed E-state index contributed by atoms with van der Waals surface area (Å²) in [5.74, 6) is 0. The highest BCUT2D eigenvalue weighted by molar-refractivity contribution is 5.74. The van der Waals surface area contributed by atoms with Gasteiger partial charge in [-0.2, -0.15) is 13.2 Å². The second-order valence-electron chi connectivity index (χ2n) is 4.71. The summed E-state index contributed by atoms with van der Waals surface area (Å²) in [5.41, 5.74) is 2.22. The summed E-state index contributed by atoms with van der Waals surface area (Å²) < 4.78 is 49.7. The molecule has 9 heteroatoms. The van der Waals surface area contributed by atoms with E-state index in [9.17, 15) is 22.4 Å². The molecule has 5 nitrogen and oxygen atoms in total. The molecule has 0 radical (unpaired) electrons. The van der Waals surface area contributed by atoms with Gasteiger partial charge < -0.3 is 4.90 Å². The standard InChI is InChI=1S/C12H14F4N4O/c1-19(11(21)20-6-9(13)7-20)18-5-10-3-2-8(4-17-10)12(14,15)16/h2-4,9,18H,5-7H2,1H3. The molecular formula is C12H14F4N4O. The summed E-state index contributed by atoms with van der Waals surface area (Å²) in [5, 5.41) is 1.16. The van der Waals surface area contributed by atoms with E-state index in [1.807, 2.05) is 0 Å². The molecule has 0 bridgehead atoms. The van der Waals surface area contributed by atoms with Crippen molar-refractivity contribution in [2.24, 2.45) is 0 Å². The molecule has 0 unspecified atom stereocenters. The first-order valence-corrected chi connectivity index (χ1v) is 6.19. The van der Waals surface area contributed by atoms with Crippen LogP contribution in [0.15, 0.2) is 18.3 Å². The van der Waals surface area contributed by atoms with Gasteiger partial charge in [0.15, 0.2) is 0 Å². The van der Waals surface area contributed by atoms with E-state index in [4.69, 9.17) is 0 Å². The highest BCUT2D eigenvalue weighted by atomic mass is 19.4.